The van der Waals surface area contributed by atoms with Gasteiger partial charge in [0.1, 0.15) is 5.69 Å². The van der Waals surface area contributed by atoms with E-state index in [-0.39, 0.29) is 11.4 Å². The molecule has 0 aliphatic heterocycles. The number of benzene rings is 1. The summed E-state index contributed by atoms with van der Waals surface area (Å²) in [4.78, 5) is 9.71. The SMILES string of the molecule is O=[N+]([O-])c1ccccc1NS(=O)[O-]. The Balaban J connectivity index is 3.04. The van der Waals surface area contributed by atoms with Gasteiger partial charge in [0, 0.05) is 17.3 Å². The summed E-state index contributed by atoms with van der Waals surface area (Å²) in [6.07, 6.45) is 0. The first kappa shape index (κ1) is 9.62. The molecule has 6 nitrogen and oxygen atoms in total. The summed E-state index contributed by atoms with van der Waals surface area (Å²) >= 11 is -2.55. The second-order valence-corrected chi connectivity index (χ2v) is 2.78. The van der Waals surface area contributed by atoms with Crippen molar-refractivity contribution in [1.29, 1.82) is 0 Å². The van der Waals surface area contributed by atoms with E-state index in [2.05, 4.69) is 0 Å². The minimum atomic E-state index is -2.55. The van der Waals surface area contributed by atoms with Crippen molar-refractivity contribution in [3.05, 3.63) is 34.4 Å². The van der Waals surface area contributed by atoms with Gasteiger partial charge in [0.2, 0.25) is 0 Å². The lowest BCUT2D eigenvalue weighted by Gasteiger charge is -2.07. The van der Waals surface area contributed by atoms with E-state index in [0.29, 0.717) is 0 Å². The van der Waals surface area contributed by atoms with E-state index in [1.165, 1.54) is 24.3 Å². The molecule has 1 aromatic carbocycles. The van der Waals surface area contributed by atoms with Crippen LogP contribution in [-0.2, 0) is 11.3 Å². The first-order chi connectivity index (χ1) is 6.11. The molecular formula is C6H5N2O4S-. The quantitative estimate of drug-likeness (QED) is 0.444. The van der Waals surface area contributed by atoms with Crippen LogP contribution in [0.15, 0.2) is 24.3 Å². The van der Waals surface area contributed by atoms with E-state index in [1.54, 1.807) is 0 Å². The fourth-order valence-corrected chi connectivity index (χ4v) is 1.16. The van der Waals surface area contributed by atoms with Gasteiger partial charge in [-0.1, -0.05) is 12.1 Å². The van der Waals surface area contributed by atoms with Crippen LogP contribution in [0.25, 0.3) is 0 Å². The average molecular weight is 201 g/mol. The minimum Gasteiger partial charge on any atom is -0.755 e. The molecule has 0 aromatic heterocycles. The molecule has 1 N–H and O–H groups in total. The number of nitrogens with zero attached hydrogens (tertiary/aromatic N) is 1. The van der Waals surface area contributed by atoms with Crippen molar-refractivity contribution in [3.63, 3.8) is 0 Å². The van der Waals surface area contributed by atoms with Crippen LogP contribution in [0.2, 0.25) is 0 Å². The smallest absolute Gasteiger partial charge is 0.293 e. The fourth-order valence-electron chi connectivity index (χ4n) is 0.809. The van der Waals surface area contributed by atoms with Gasteiger partial charge in [-0.2, -0.15) is 0 Å². The summed E-state index contributed by atoms with van der Waals surface area (Å²) < 4.78 is 22.3. The van der Waals surface area contributed by atoms with Crippen LogP contribution in [0.4, 0.5) is 11.4 Å². The predicted octanol–water partition coefficient (Wildman–Crippen LogP) is 0.801. The Morgan fingerprint density at radius 2 is 2.00 bits per heavy atom. The molecule has 0 bridgehead atoms. The highest BCUT2D eigenvalue weighted by atomic mass is 32.2. The lowest BCUT2D eigenvalue weighted by molar-refractivity contribution is -0.383. The number of hydrogen-bond acceptors (Lipinski definition) is 4. The average Bonchev–Trinajstić information content (AvgIpc) is 2.03. The molecule has 0 saturated carbocycles. The fraction of sp³-hybridized carbons (Fsp3) is 0. The van der Waals surface area contributed by atoms with E-state index < -0.39 is 16.2 Å². The van der Waals surface area contributed by atoms with Gasteiger partial charge >= 0.3 is 0 Å². The van der Waals surface area contributed by atoms with Gasteiger partial charge in [-0.25, -0.2) is 0 Å². The van der Waals surface area contributed by atoms with Crippen molar-refractivity contribution in [1.82, 2.24) is 0 Å². The number of hydrogen-bond donors (Lipinski definition) is 1. The van der Waals surface area contributed by atoms with Crippen LogP contribution in [0, 0.1) is 10.1 Å². The van der Waals surface area contributed by atoms with Gasteiger partial charge in [-0.15, -0.1) is 0 Å². The van der Waals surface area contributed by atoms with E-state index >= 15 is 0 Å². The van der Waals surface area contributed by atoms with Crippen LogP contribution < -0.4 is 4.72 Å². The van der Waals surface area contributed by atoms with Gasteiger partial charge in [-0.05, 0) is 6.07 Å². The van der Waals surface area contributed by atoms with E-state index in [4.69, 9.17) is 0 Å². The second-order valence-electron chi connectivity index (χ2n) is 2.11. The molecule has 0 fully saturated rings. The highest BCUT2D eigenvalue weighted by molar-refractivity contribution is 7.80. The zero-order chi connectivity index (χ0) is 9.84. The first-order valence-corrected chi connectivity index (χ1v) is 4.28. The van der Waals surface area contributed by atoms with Crippen LogP contribution in [-0.4, -0.2) is 13.7 Å². The third kappa shape index (κ3) is 2.49. The molecule has 0 aliphatic rings. The Morgan fingerprint density at radius 3 is 2.54 bits per heavy atom. The molecule has 1 aromatic rings. The van der Waals surface area contributed by atoms with E-state index in [0.717, 1.165) is 0 Å². The molecule has 0 saturated heterocycles. The molecule has 0 amide bonds. The van der Waals surface area contributed by atoms with E-state index in [1.807, 2.05) is 4.72 Å². The summed E-state index contributed by atoms with van der Waals surface area (Å²) in [5.41, 5.74) is -0.312. The third-order valence-electron chi connectivity index (χ3n) is 1.29. The number of nitro benzene ring substituents is 1. The molecule has 70 valence electrons. The lowest BCUT2D eigenvalue weighted by atomic mass is 10.3. The summed E-state index contributed by atoms with van der Waals surface area (Å²) in [6.45, 7) is 0. The Morgan fingerprint density at radius 1 is 1.38 bits per heavy atom. The molecule has 13 heavy (non-hydrogen) atoms. The topological polar surface area (TPSA) is 95.3 Å². The molecule has 7 heteroatoms. The Kier molecular flexibility index (Phi) is 2.93. The number of rotatable bonds is 3. The molecule has 0 spiro atoms. The molecule has 0 heterocycles. The Bertz CT molecular complexity index is 354. The summed E-state index contributed by atoms with van der Waals surface area (Å²) in [7, 11) is 0. The summed E-state index contributed by atoms with van der Waals surface area (Å²) in [5.74, 6) is 0. The van der Waals surface area contributed by atoms with E-state index in [9.17, 15) is 18.9 Å². The lowest BCUT2D eigenvalue weighted by Crippen LogP contribution is -2.04. The van der Waals surface area contributed by atoms with Crippen molar-refractivity contribution in [2.45, 2.75) is 0 Å². The van der Waals surface area contributed by atoms with Crippen LogP contribution in [0.1, 0.15) is 0 Å². The number of nitrogens with one attached hydrogen (secondary N) is 1. The zero-order valence-corrected chi connectivity index (χ0v) is 7.11. The molecule has 1 rings (SSSR count). The van der Waals surface area contributed by atoms with Crippen molar-refractivity contribution >= 4 is 22.6 Å². The second kappa shape index (κ2) is 3.97. The van der Waals surface area contributed by atoms with Crippen molar-refractivity contribution < 1.29 is 13.7 Å². The minimum absolute atomic E-state index is 0.0409. The predicted molar refractivity (Wildman–Crippen MR) is 45.6 cm³/mol. The van der Waals surface area contributed by atoms with Crippen molar-refractivity contribution in [2.75, 3.05) is 4.72 Å². The monoisotopic (exact) mass is 201 g/mol. The summed E-state index contributed by atoms with van der Waals surface area (Å²) in [6, 6.07) is 5.49. The largest absolute Gasteiger partial charge is 0.755 e. The molecule has 0 radical (unpaired) electrons. The van der Waals surface area contributed by atoms with Gasteiger partial charge in [0.05, 0.1) is 4.92 Å². The molecule has 1 unspecified atom stereocenters. The highest BCUT2D eigenvalue weighted by Crippen LogP contribution is 2.22. The molecule has 0 aliphatic carbocycles. The van der Waals surface area contributed by atoms with Gasteiger partial charge < -0.3 is 9.27 Å². The Hall–Kier alpha value is -1.47. The number of anilines is 1. The Labute approximate surface area is 76.1 Å². The van der Waals surface area contributed by atoms with Crippen LogP contribution in [0.5, 0.6) is 0 Å². The first-order valence-electron chi connectivity index (χ1n) is 3.20. The maximum atomic E-state index is 10.4. The maximum absolute atomic E-state index is 10.4. The number of nitro groups is 1. The maximum Gasteiger partial charge on any atom is 0.293 e. The number of para-hydroxylation sites is 2. The molecular weight excluding hydrogens is 196 g/mol. The normalized spacial score (nSPS) is 12.1. The van der Waals surface area contributed by atoms with Crippen molar-refractivity contribution in [2.24, 2.45) is 0 Å². The van der Waals surface area contributed by atoms with Crippen LogP contribution >= 0.6 is 0 Å². The molecule has 1 atom stereocenters. The summed E-state index contributed by atoms with van der Waals surface area (Å²) in [5, 5.41) is 10.4. The van der Waals surface area contributed by atoms with Crippen LogP contribution in [0.3, 0.4) is 0 Å². The van der Waals surface area contributed by atoms with Gasteiger partial charge in [0.15, 0.2) is 0 Å². The van der Waals surface area contributed by atoms with Gasteiger partial charge in [-0.3, -0.25) is 14.3 Å². The van der Waals surface area contributed by atoms with Gasteiger partial charge in [0.25, 0.3) is 5.69 Å². The zero-order valence-electron chi connectivity index (χ0n) is 6.30. The standard InChI is InChI=1S/C6H6N2O4S/c9-8(10)6-4-2-1-3-5(6)7-13(11)12/h1-4,7H,(H,11,12)/p-1. The third-order valence-corrected chi connectivity index (χ3v) is 1.68. The van der Waals surface area contributed by atoms with Crippen molar-refractivity contribution in [3.8, 4) is 0 Å². The highest BCUT2D eigenvalue weighted by Gasteiger charge is 2.11.